The maximum atomic E-state index is 14.1. The molecule has 0 aliphatic heterocycles. The lowest BCUT2D eigenvalue weighted by molar-refractivity contribution is 0.507. The van der Waals surface area contributed by atoms with E-state index in [4.69, 9.17) is 0 Å². The van der Waals surface area contributed by atoms with Crippen molar-refractivity contribution in [3.05, 3.63) is 56.4 Å². The molecule has 0 bridgehead atoms. The third-order valence-electron chi connectivity index (χ3n) is 3.24. The van der Waals surface area contributed by atoms with Crippen molar-refractivity contribution in [2.24, 2.45) is 0 Å². The van der Waals surface area contributed by atoms with E-state index in [0.717, 1.165) is 23.0 Å². The molecule has 0 aliphatic rings. The number of benzene rings is 1. The molecule has 1 heterocycles. The van der Waals surface area contributed by atoms with Gasteiger partial charge in [-0.25, -0.2) is 4.39 Å². The molecule has 0 saturated heterocycles. The fourth-order valence-electron chi connectivity index (χ4n) is 2.17. The zero-order valence-electron chi connectivity index (χ0n) is 11.7. The lowest BCUT2D eigenvalue weighted by Crippen LogP contribution is -2.29. The fraction of sp³-hybridized carbons (Fsp3) is 0.375. The highest BCUT2D eigenvalue weighted by molar-refractivity contribution is 9.10. The van der Waals surface area contributed by atoms with Gasteiger partial charge in [-0.2, -0.15) is 0 Å². The van der Waals surface area contributed by atoms with E-state index in [1.807, 2.05) is 18.2 Å². The zero-order valence-corrected chi connectivity index (χ0v) is 14.1. The molecule has 20 heavy (non-hydrogen) atoms. The average molecular weight is 356 g/mol. The first-order chi connectivity index (χ1) is 9.58. The van der Waals surface area contributed by atoms with E-state index < -0.39 is 0 Å². The predicted molar refractivity (Wildman–Crippen MR) is 88.0 cm³/mol. The monoisotopic (exact) mass is 355 g/mol. The van der Waals surface area contributed by atoms with E-state index in [9.17, 15) is 4.39 Å². The van der Waals surface area contributed by atoms with Crippen molar-refractivity contribution in [2.45, 2.75) is 32.2 Å². The molecule has 1 N–H and O–H groups in total. The van der Waals surface area contributed by atoms with Gasteiger partial charge in [0.25, 0.3) is 0 Å². The van der Waals surface area contributed by atoms with Gasteiger partial charge in [0.1, 0.15) is 5.82 Å². The van der Waals surface area contributed by atoms with Gasteiger partial charge >= 0.3 is 0 Å². The minimum absolute atomic E-state index is 0.115. The Labute approximate surface area is 132 Å². The highest BCUT2D eigenvalue weighted by atomic mass is 79.9. The van der Waals surface area contributed by atoms with Crippen LogP contribution < -0.4 is 5.32 Å². The van der Waals surface area contributed by atoms with E-state index in [0.29, 0.717) is 6.04 Å². The highest BCUT2D eigenvalue weighted by Gasteiger charge is 2.18. The maximum absolute atomic E-state index is 14.1. The standard InChI is InChI=1S/C16H19BrFNS/c1-11(2)19-10-12(9-16-14(17)7-8-20-16)13-5-3-4-6-15(13)18/h3-8,11-12,19H,9-10H2,1-2H3. The Morgan fingerprint density at radius 2 is 2.00 bits per heavy atom. The summed E-state index contributed by atoms with van der Waals surface area (Å²) in [5.41, 5.74) is 0.793. The van der Waals surface area contributed by atoms with Gasteiger partial charge in [0.15, 0.2) is 0 Å². The number of rotatable bonds is 6. The molecular weight excluding hydrogens is 337 g/mol. The van der Waals surface area contributed by atoms with Gasteiger partial charge in [-0.1, -0.05) is 32.0 Å². The van der Waals surface area contributed by atoms with Crippen molar-refractivity contribution in [2.75, 3.05) is 6.54 Å². The van der Waals surface area contributed by atoms with Gasteiger partial charge in [-0.3, -0.25) is 0 Å². The molecule has 1 aromatic heterocycles. The molecule has 0 fully saturated rings. The largest absolute Gasteiger partial charge is 0.314 e. The van der Waals surface area contributed by atoms with Crippen LogP contribution >= 0.6 is 27.3 Å². The van der Waals surface area contributed by atoms with Crippen molar-refractivity contribution in [3.63, 3.8) is 0 Å². The third-order valence-corrected chi connectivity index (χ3v) is 5.19. The van der Waals surface area contributed by atoms with Crippen molar-refractivity contribution in [1.82, 2.24) is 5.32 Å². The summed E-state index contributed by atoms with van der Waals surface area (Å²) < 4.78 is 15.2. The van der Waals surface area contributed by atoms with E-state index in [-0.39, 0.29) is 11.7 Å². The third kappa shape index (κ3) is 4.14. The van der Waals surface area contributed by atoms with Crippen LogP contribution in [0.5, 0.6) is 0 Å². The molecule has 2 rings (SSSR count). The first-order valence-electron chi connectivity index (χ1n) is 6.77. The normalized spacial score (nSPS) is 12.8. The number of hydrogen-bond donors (Lipinski definition) is 1. The van der Waals surface area contributed by atoms with Crippen molar-refractivity contribution in [1.29, 1.82) is 0 Å². The molecule has 0 amide bonds. The fourth-order valence-corrected chi connectivity index (χ4v) is 3.77. The van der Waals surface area contributed by atoms with Crippen LogP contribution in [0.4, 0.5) is 4.39 Å². The van der Waals surface area contributed by atoms with Gasteiger partial charge in [0.05, 0.1) is 0 Å². The molecule has 1 nitrogen and oxygen atoms in total. The Bertz CT molecular complexity index is 553. The molecule has 2 aromatic rings. The van der Waals surface area contributed by atoms with E-state index in [2.05, 4.69) is 40.5 Å². The van der Waals surface area contributed by atoms with Gasteiger partial charge in [0, 0.05) is 27.9 Å². The van der Waals surface area contributed by atoms with Crippen LogP contribution in [0.2, 0.25) is 0 Å². The zero-order chi connectivity index (χ0) is 14.5. The molecule has 108 valence electrons. The minimum atomic E-state index is -0.115. The Balaban J connectivity index is 2.21. The summed E-state index contributed by atoms with van der Waals surface area (Å²) in [6, 6.07) is 9.53. The van der Waals surface area contributed by atoms with Crippen LogP contribution in [-0.4, -0.2) is 12.6 Å². The first kappa shape index (κ1) is 15.7. The van der Waals surface area contributed by atoms with E-state index >= 15 is 0 Å². The van der Waals surface area contributed by atoms with Gasteiger partial charge in [0.2, 0.25) is 0 Å². The molecule has 1 atom stereocenters. The predicted octanol–water partition coefficient (Wildman–Crippen LogP) is 4.97. The van der Waals surface area contributed by atoms with E-state index in [1.165, 1.54) is 4.88 Å². The Kier molecular flexibility index (Phi) is 5.75. The van der Waals surface area contributed by atoms with Crippen LogP contribution in [0.25, 0.3) is 0 Å². The minimum Gasteiger partial charge on any atom is -0.314 e. The van der Waals surface area contributed by atoms with Gasteiger partial charge in [-0.15, -0.1) is 11.3 Å². The topological polar surface area (TPSA) is 12.0 Å². The summed E-state index contributed by atoms with van der Waals surface area (Å²) >= 11 is 5.28. The number of nitrogens with one attached hydrogen (secondary N) is 1. The molecule has 0 spiro atoms. The smallest absolute Gasteiger partial charge is 0.126 e. The lowest BCUT2D eigenvalue weighted by Gasteiger charge is -2.20. The molecule has 1 aromatic carbocycles. The van der Waals surface area contributed by atoms with Crippen LogP contribution in [0.3, 0.4) is 0 Å². The molecule has 0 saturated carbocycles. The van der Waals surface area contributed by atoms with Crippen molar-refractivity contribution >= 4 is 27.3 Å². The second-order valence-electron chi connectivity index (χ2n) is 5.18. The molecule has 4 heteroatoms. The van der Waals surface area contributed by atoms with Crippen LogP contribution in [-0.2, 0) is 6.42 Å². The van der Waals surface area contributed by atoms with Crippen LogP contribution in [0.15, 0.2) is 40.2 Å². The lowest BCUT2D eigenvalue weighted by atomic mass is 9.94. The molecule has 0 radical (unpaired) electrons. The van der Waals surface area contributed by atoms with E-state index in [1.54, 1.807) is 23.5 Å². The summed E-state index contributed by atoms with van der Waals surface area (Å²) in [6.45, 7) is 5.00. The summed E-state index contributed by atoms with van der Waals surface area (Å²) in [4.78, 5) is 1.27. The molecular formula is C16H19BrFNS. The maximum Gasteiger partial charge on any atom is 0.126 e. The summed E-state index contributed by atoms with van der Waals surface area (Å²) in [5.74, 6) is 0.0317. The second-order valence-corrected chi connectivity index (χ2v) is 7.03. The van der Waals surface area contributed by atoms with Crippen molar-refractivity contribution < 1.29 is 4.39 Å². The Morgan fingerprint density at radius 1 is 1.25 bits per heavy atom. The average Bonchev–Trinajstić information content (AvgIpc) is 2.81. The number of halogens is 2. The van der Waals surface area contributed by atoms with Crippen LogP contribution in [0.1, 0.15) is 30.2 Å². The Hall–Kier alpha value is -0.710. The Morgan fingerprint density at radius 3 is 2.60 bits per heavy atom. The summed E-state index contributed by atoms with van der Waals surface area (Å²) in [6.07, 6.45) is 0.846. The molecule has 1 unspecified atom stereocenters. The number of thiophene rings is 1. The SMILES string of the molecule is CC(C)NCC(Cc1sccc1Br)c1ccccc1F. The number of hydrogen-bond acceptors (Lipinski definition) is 2. The highest BCUT2D eigenvalue weighted by Crippen LogP contribution is 2.30. The molecule has 0 aliphatic carbocycles. The summed E-state index contributed by atoms with van der Waals surface area (Å²) in [7, 11) is 0. The quantitative estimate of drug-likeness (QED) is 0.770. The first-order valence-corrected chi connectivity index (χ1v) is 8.45. The van der Waals surface area contributed by atoms with Gasteiger partial charge < -0.3 is 5.32 Å². The van der Waals surface area contributed by atoms with Crippen LogP contribution in [0, 0.1) is 5.82 Å². The van der Waals surface area contributed by atoms with Crippen molar-refractivity contribution in [3.8, 4) is 0 Å². The summed E-state index contributed by atoms with van der Waals surface area (Å²) in [5, 5.41) is 5.49. The second kappa shape index (κ2) is 7.34. The van der Waals surface area contributed by atoms with Gasteiger partial charge in [-0.05, 0) is 45.4 Å².